The molecule has 0 aliphatic heterocycles. The Hall–Kier alpha value is -2.42. The Labute approximate surface area is 161 Å². The summed E-state index contributed by atoms with van der Waals surface area (Å²) in [5, 5.41) is 13.9. The minimum absolute atomic E-state index is 0.211. The van der Waals surface area contributed by atoms with Gasteiger partial charge in [-0.05, 0) is 46.8 Å². The summed E-state index contributed by atoms with van der Waals surface area (Å²) in [5.74, 6) is 0.897. The number of aromatic nitrogens is 6. The molecular weight excluding hydrogens is 395 g/mol. The molecule has 0 saturated carbocycles. The van der Waals surface area contributed by atoms with Gasteiger partial charge in [0.1, 0.15) is 5.82 Å². The normalized spacial score (nSPS) is 11.2. The maximum Gasteiger partial charge on any atom is 0.258 e. The number of nitrogens with one attached hydrogen (secondary N) is 1. The van der Waals surface area contributed by atoms with E-state index in [4.69, 9.17) is 23.2 Å². The van der Waals surface area contributed by atoms with E-state index in [0.717, 1.165) is 5.69 Å². The van der Waals surface area contributed by atoms with Crippen LogP contribution >= 0.6 is 35.0 Å². The largest absolute Gasteiger partial charge is 0.309 e. The van der Waals surface area contributed by atoms with Crippen molar-refractivity contribution in [1.29, 1.82) is 0 Å². The molecule has 130 valence electrons. The molecule has 7 nitrogen and oxygen atoms in total. The first-order chi connectivity index (χ1) is 12.6. The molecule has 0 aliphatic carbocycles. The molecule has 0 spiro atoms. The van der Waals surface area contributed by atoms with Gasteiger partial charge in [0.05, 0.1) is 22.3 Å². The molecule has 0 saturated heterocycles. The molecule has 0 radical (unpaired) electrons. The molecule has 4 rings (SSSR count). The molecule has 0 fully saturated rings. The van der Waals surface area contributed by atoms with Crippen molar-refractivity contribution in [3.8, 4) is 5.69 Å². The van der Waals surface area contributed by atoms with E-state index in [0.29, 0.717) is 37.7 Å². The Bertz CT molecular complexity index is 1160. The third-order valence-corrected chi connectivity index (χ3v) is 4.95. The van der Waals surface area contributed by atoms with Crippen LogP contribution in [0.2, 0.25) is 10.0 Å². The Kier molecular flexibility index (Phi) is 4.62. The van der Waals surface area contributed by atoms with Crippen LogP contribution in [0.25, 0.3) is 16.6 Å². The minimum Gasteiger partial charge on any atom is -0.309 e. The first kappa shape index (κ1) is 17.0. The van der Waals surface area contributed by atoms with E-state index in [1.807, 2.05) is 12.1 Å². The third-order valence-electron chi connectivity index (χ3n) is 3.55. The summed E-state index contributed by atoms with van der Waals surface area (Å²) in [7, 11) is 0. The van der Waals surface area contributed by atoms with Crippen molar-refractivity contribution in [3.63, 3.8) is 0 Å². The van der Waals surface area contributed by atoms with Crippen LogP contribution in [0, 0.1) is 0 Å². The van der Waals surface area contributed by atoms with Crippen LogP contribution in [0.15, 0.2) is 52.4 Å². The maximum atomic E-state index is 12.2. The average molecular weight is 405 g/mol. The number of hydrogen-bond acceptors (Lipinski definition) is 6. The molecule has 0 atom stereocenters. The molecule has 10 heteroatoms. The smallest absolute Gasteiger partial charge is 0.258 e. The summed E-state index contributed by atoms with van der Waals surface area (Å²) in [5.41, 5.74) is 1.08. The topological polar surface area (TPSA) is 89.4 Å². The first-order valence-corrected chi connectivity index (χ1v) is 9.20. The highest BCUT2D eigenvalue weighted by Gasteiger charge is 2.11. The number of aromatic amines is 1. The quantitative estimate of drug-likeness (QED) is 0.523. The zero-order valence-corrected chi connectivity index (χ0v) is 15.4. The fourth-order valence-electron chi connectivity index (χ4n) is 2.40. The van der Waals surface area contributed by atoms with E-state index in [9.17, 15) is 4.79 Å². The molecule has 0 amide bonds. The van der Waals surface area contributed by atoms with Gasteiger partial charge in [0.15, 0.2) is 0 Å². The minimum atomic E-state index is -0.211. The molecule has 0 aliphatic rings. The van der Waals surface area contributed by atoms with Gasteiger partial charge in [-0.25, -0.2) is 4.98 Å². The number of halogens is 2. The monoisotopic (exact) mass is 404 g/mol. The van der Waals surface area contributed by atoms with Crippen LogP contribution in [0.3, 0.4) is 0 Å². The summed E-state index contributed by atoms with van der Waals surface area (Å²) >= 11 is 13.4. The predicted molar refractivity (Wildman–Crippen MR) is 101 cm³/mol. The highest BCUT2D eigenvalue weighted by molar-refractivity contribution is 7.98. The average Bonchev–Trinajstić information content (AvgIpc) is 3.08. The highest BCUT2D eigenvalue weighted by Crippen LogP contribution is 2.23. The van der Waals surface area contributed by atoms with Crippen LogP contribution < -0.4 is 5.56 Å². The Morgan fingerprint density at radius 1 is 1.12 bits per heavy atom. The molecule has 2 heterocycles. The van der Waals surface area contributed by atoms with Gasteiger partial charge in [-0.15, -0.1) is 5.10 Å². The summed E-state index contributed by atoms with van der Waals surface area (Å²) in [6, 6.07) is 12.2. The number of thioether (sulfide) groups is 1. The van der Waals surface area contributed by atoms with Crippen LogP contribution in [-0.4, -0.2) is 30.2 Å². The third kappa shape index (κ3) is 3.44. The van der Waals surface area contributed by atoms with Gasteiger partial charge in [0.25, 0.3) is 5.56 Å². The number of nitrogens with zero attached hydrogens (tertiary/aromatic N) is 5. The second-order valence-corrected chi connectivity index (χ2v) is 7.13. The van der Waals surface area contributed by atoms with E-state index < -0.39 is 0 Å². The van der Waals surface area contributed by atoms with Gasteiger partial charge in [-0.3, -0.25) is 4.79 Å². The van der Waals surface area contributed by atoms with Crippen molar-refractivity contribution in [2.24, 2.45) is 0 Å². The molecule has 2 aromatic carbocycles. The van der Waals surface area contributed by atoms with Crippen LogP contribution in [0.5, 0.6) is 0 Å². The van der Waals surface area contributed by atoms with Gasteiger partial charge in [0, 0.05) is 10.0 Å². The van der Waals surface area contributed by atoms with Crippen LogP contribution in [-0.2, 0) is 5.75 Å². The fraction of sp³-hybridized carbons (Fsp3) is 0.0625. The molecule has 4 aromatic rings. The SMILES string of the molecule is O=c1[nH]c(CSc2nnnn2-c2cccc(Cl)c2)nc2cc(Cl)ccc12. The van der Waals surface area contributed by atoms with Gasteiger partial charge in [-0.1, -0.05) is 41.0 Å². The molecule has 1 N–H and O–H groups in total. The van der Waals surface area contributed by atoms with Crippen molar-refractivity contribution in [1.82, 2.24) is 30.2 Å². The van der Waals surface area contributed by atoms with Crippen LogP contribution in [0.4, 0.5) is 0 Å². The van der Waals surface area contributed by atoms with E-state index in [1.54, 1.807) is 35.0 Å². The van der Waals surface area contributed by atoms with Crippen molar-refractivity contribution in [2.75, 3.05) is 0 Å². The van der Waals surface area contributed by atoms with Gasteiger partial charge in [0.2, 0.25) is 5.16 Å². The highest BCUT2D eigenvalue weighted by atomic mass is 35.5. The Morgan fingerprint density at radius 2 is 1.96 bits per heavy atom. The summed E-state index contributed by atoms with van der Waals surface area (Å²) < 4.78 is 1.58. The number of fused-ring (bicyclic) bond motifs is 1. The lowest BCUT2D eigenvalue weighted by atomic mass is 10.2. The van der Waals surface area contributed by atoms with Crippen LogP contribution in [0.1, 0.15) is 5.82 Å². The number of hydrogen-bond donors (Lipinski definition) is 1. The summed E-state index contributed by atoms with van der Waals surface area (Å²) in [4.78, 5) is 19.4. The predicted octanol–water partition coefficient (Wildman–Crippen LogP) is 3.50. The molecule has 26 heavy (non-hydrogen) atoms. The molecule has 2 aromatic heterocycles. The maximum absolute atomic E-state index is 12.2. The lowest BCUT2D eigenvalue weighted by molar-refractivity contribution is 0.756. The van der Waals surface area contributed by atoms with Crippen molar-refractivity contribution < 1.29 is 0 Å². The second-order valence-electron chi connectivity index (χ2n) is 5.32. The summed E-state index contributed by atoms with van der Waals surface area (Å²) in [6.45, 7) is 0. The lowest BCUT2D eigenvalue weighted by Gasteiger charge is -2.05. The second kappa shape index (κ2) is 7.06. The van der Waals surface area contributed by atoms with Gasteiger partial charge < -0.3 is 4.98 Å². The first-order valence-electron chi connectivity index (χ1n) is 7.46. The number of tetrazole rings is 1. The molecule has 0 unspecified atom stereocenters. The van der Waals surface area contributed by atoms with Crippen molar-refractivity contribution in [3.05, 3.63) is 68.7 Å². The summed E-state index contributed by atoms with van der Waals surface area (Å²) in [6.07, 6.45) is 0. The Morgan fingerprint density at radius 3 is 2.81 bits per heavy atom. The van der Waals surface area contributed by atoms with E-state index >= 15 is 0 Å². The van der Waals surface area contributed by atoms with Gasteiger partial charge >= 0.3 is 0 Å². The van der Waals surface area contributed by atoms with Crippen molar-refractivity contribution >= 4 is 45.9 Å². The molecular formula is C16H10Cl2N6OS. The standard InChI is InChI=1S/C16H10Cl2N6OS/c17-9-2-1-3-11(6-9)24-16(21-22-23-24)26-8-14-19-13-7-10(18)4-5-12(13)15(25)20-14/h1-7H,8H2,(H,19,20,25). The fourth-order valence-corrected chi connectivity index (χ4v) is 3.51. The van der Waals surface area contributed by atoms with Gasteiger partial charge in [-0.2, -0.15) is 4.68 Å². The Balaban J connectivity index is 1.62. The number of H-pyrrole nitrogens is 1. The van der Waals surface area contributed by atoms with E-state index in [-0.39, 0.29) is 5.56 Å². The number of rotatable bonds is 4. The van der Waals surface area contributed by atoms with Crippen molar-refractivity contribution in [2.45, 2.75) is 10.9 Å². The molecule has 0 bridgehead atoms. The zero-order chi connectivity index (χ0) is 18.1. The van der Waals surface area contributed by atoms with E-state index in [1.165, 1.54) is 11.8 Å². The van der Waals surface area contributed by atoms with E-state index in [2.05, 4.69) is 25.5 Å². The lowest BCUT2D eigenvalue weighted by Crippen LogP contribution is -2.11. The zero-order valence-electron chi connectivity index (χ0n) is 13.1. The number of benzene rings is 2.